The molecule has 2 rings (SSSR count). The van der Waals surface area contributed by atoms with E-state index in [0.717, 1.165) is 5.33 Å². The van der Waals surface area contributed by atoms with Crippen molar-refractivity contribution in [3.63, 3.8) is 0 Å². The minimum atomic E-state index is 0.574. The second kappa shape index (κ2) is 5.28. The summed E-state index contributed by atoms with van der Waals surface area (Å²) in [5, 5.41) is 0.870. The molecule has 0 unspecified atom stereocenters. The van der Waals surface area contributed by atoms with Gasteiger partial charge in [-0.25, -0.2) is 0 Å². The van der Waals surface area contributed by atoms with E-state index in [1.165, 1.54) is 22.3 Å². The fourth-order valence-corrected chi connectivity index (χ4v) is 2.15. The Morgan fingerprint density at radius 2 is 1.75 bits per heavy atom. The molecule has 2 heteroatoms. The Bertz CT molecular complexity index is 465. The highest BCUT2D eigenvalue weighted by molar-refractivity contribution is 9.08. The summed E-state index contributed by atoms with van der Waals surface area (Å²) in [7, 11) is 0. The highest BCUT2D eigenvalue weighted by Gasteiger charge is 2.04. The molecule has 2 aromatic rings. The van der Waals surface area contributed by atoms with Crippen LogP contribution in [0.15, 0.2) is 48.5 Å². The summed E-state index contributed by atoms with van der Waals surface area (Å²) in [6, 6.07) is 16.8. The van der Waals surface area contributed by atoms with Crippen molar-refractivity contribution in [2.45, 2.75) is 11.9 Å². The lowest BCUT2D eigenvalue weighted by Crippen LogP contribution is -1.99. The Balaban J connectivity index is 2.49. The largest absolute Gasteiger partial charge is 0.326 e. The standard InChI is InChI=1S/C14H14BrN/c15-9-11-6-7-14(13(8-11)10-16)12-4-2-1-3-5-12/h1-8H,9-10,16H2. The van der Waals surface area contributed by atoms with E-state index < -0.39 is 0 Å². The normalized spacial score (nSPS) is 10.4. The molecule has 0 aliphatic carbocycles. The number of benzene rings is 2. The van der Waals surface area contributed by atoms with Gasteiger partial charge in [0.25, 0.3) is 0 Å². The lowest BCUT2D eigenvalue weighted by Gasteiger charge is -2.09. The Labute approximate surface area is 104 Å². The third kappa shape index (κ3) is 2.34. The maximum absolute atomic E-state index is 5.80. The van der Waals surface area contributed by atoms with Gasteiger partial charge in [0.1, 0.15) is 0 Å². The van der Waals surface area contributed by atoms with Crippen LogP contribution in [-0.4, -0.2) is 0 Å². The van der Waals surface area contributed by atoms with Crippen LogP contribution in [0.5, 0.6) is 0 Å². The summed E-state index contributed by atoms with van der Waals surface area (Å²) >= 11 is 3.46. The van der Waals surface area contributed by atoms with Gasteiger partial charge in [-0.1, -0.05) is 64.5 Å². The first-order valence-corrected chi connectivity index (χ1v) is 6.40. The fraction of sp³-hybridized carbons (Fsp3) is 0.143. The first kappa shape index (κ1) is 11.4. The molecular weight excluding hydrogens is 262 g/mol. The molecule has 0 radical (unpaired) electrons. The van der Waals surface area contributed by atoms with E-state index in [1.54, 1.807) is 0 Å². The van der Waals surface area contributed by atoms with Crippen LogP contribution in [0, 0.1) is 0 Å². The van der Waals surface area contributed by atoms with Crippen LogP contribution in [-0.2, 0) is 11.9 Å². The van der Waals surface area contributed by atoms with Crippen LogP contribution in [0.2, 0.25) is 0 Å². The summed E-state index contributed by atoms with van der Waals surface area (Å²) in [6.07, 6.45) is 0. The zero-order valence-electron chi connectivity index (χ0n) is 8.99. The number of nitrogens with two attached hydrogens (primary N) is 1. The van der Waals surface area contributed by atoms with Crippen LogP contribution in [0.4, 0.5) is 0 Å². The van der Waals surface area contributed by atoms with Crippen LogP contribution < -0.4 is 5.73 Å². The number of hydrogen-bond acceptors (Lipinski definition) is 1. The van der Waals surface area contributed by atoms with Crippen molar-refractivity contribution in [1.29, 1.82) is 0 Å². The van der Waals surface area contributed by atoms with E-state index >= 15 is 0 Å². The number of halogens is 1. The average Bonchev–Trinajstić information content (AvgIpc) is 2.39. The maximum Gasteiger partial charge on any atom is 0.0283 e. The van der Waals surface area contributed by atoms with E-state index in [9.17, 15) is 0 Å². The third-order valence-corrected chi connectivity index (χ3v) is 3.28. The first-order valence-electron chi connectivity index (χ1n) is 5.28. The highest BCUT2D eigenvalue weighted by atomic mass is 79.9. The van der Waals surface area contributed by atoms with Crippen LogP contribution in [0.3, 0.4) is 0 Å². The van der Waals surface area contributed by atoms with E-state index in [4.69, 9.17) is 5.73 Å². The summed E-state index contributed by atoms with van der Waals surface area (Å²) in [5.41, 5.74) is 10.7. The number of alkyl halides is 1. The summed E-state index contributed by atoms with van der Waals surface area (Å²) in [6.45, 7) is 0.574. The molecule has 0 fully saturated rings. The molecule has 0 spiro atoms. The van der Waals surface area contributed by atoms with Gasteiger partial charge >= 0.3 is 0 Å². The molecule has 16 heavy (non-hydrogen) atoms. The lowest BCUT2D eigenvalue weighted by molar-refractivity contribution is 1.07. The van der Waals surface area contributed by atoms with Crippen molar-refractivity contribution in [3.8, 4) is 11.1 Å². The lowest BCUT2D eigenvalue weighted by atomic mass is 9.98. The van der Waals surface area contributed by atoms with Gasteiger partial charge in [-0.3, -0.25) is 0 Å². The van der Waals surface area contributed by atoms with E-state index in [-0.39, 0.29) is 0 Å². The molecule has 0 aliphatic rings. The smallest absolute Gasteiger partial charge is 0.0283 e. The van der Waals surface area contributed by atoms with Gasteiger partial charge in [0, 0.05) is 11.9 Å². The summed E-state index contributed by atoms with van der Waals surface area (Å²) in [5.74, 6) is 0. The molecule has 0 saturated heterocycles. The highest BCUT2D eigenvalue weighted by Crippen LogP contribution is 2.25. The van der Waals surface area contributed by atoms with Crippen molar-refractivity contribution in [1.82, 2.24) is 0 Å². The first-order chi connectivity index (χ1) is 7.85. The van der Waals surface area contributed by atoms with Crippen molar-refractivity contribution in [2.75, 3.05) is 0 Å². The Kier molecular flexibility index (Phi) is 3.75. The van der Waals surface area contributed by atoms with Gasteiger partial charge in [-0.2, -0.15) is 0 Å². The topological polar surface area (TPSA) is 26.0 Å². The van der Waals surface area contributed by atoms with Crippen LogP contribution >= 0.6 is 15.9 Å². The Hall–Kier alpha value is -1.12. The summed E-state index contributed by atoms with van der Waals surface area (Å²) in [4.78, 5) is 0. The molecule has 2 N–H and O–H groups in total. The van der Waals surface area contributed by atoms with Gasteiger partial charge in [0.2, 0.25) is 0 Å². The molecule has 0 atom stereocenters. The Morgan fingerprint density at radius 3 is 2.38 bits per heavy atom. The van der Waals surface area contributed by atoms with E-state index in [0.29, 0.717) is 6.54 Å². The SMILES string of the molecule is NCc1cc(CBr)ccc1-c1ccccc1. The van der Waals surface area contributed by atoms with Gasteiger partial charge in [-0.05, 0) is 22.3 Å². The molecule has 82 valence electrons. The van der Waals surface area contributed by atoms with Crippen molar-refractivity contribution < 1.29 is 0 Å². The van der Waals surface area contributed by atoms with E-state index in [2.05, 4.69) is 46.3 Å². The molecule has 1 nitrogen and oxygen atoms in total. The number of hydrogen-bond donors (Lipinski definition) is 1. The fourth-order valence-electron chi connectivity index (χ4n) is 1.80. The Morgan fingerprint density at radius 1 is 1.00 bits per heavy atom. The second-order valence-electron chi connectivity index (χ2n) is 3.70. The number of rotatable bonds is 3. The predicted octanol–water partition coefficient (Wildman–Crippen LogP) is 3.71. The molecule has 0 saturated carbocycles. The van der Waals surface area contributed by atoms with Gasteiger partial charge in [0.15, 0.2) is 0 Å². The predicted molar refractivity (Wildman–Crippen MR) is 72.4 cm³/mol. The molecular formula is C14H14BrN. The average molecular weight is 276 g/mol. The summed E-state index contributed by atoms with van der Waals surface area (Å²) < 4.78 is 0. The quantitative estimate of drug-likeness (QED) is 0.850. The third-order valence-electron chi connectivity index (χ3n) is 2.63. The van der Waals surface area contributed by atoms with Crippen molar-refractivity contribution >= 4 is 15.9 Å². The zero-order chi connectivity index (χ0) is 11.4. The second-order valence-corrected chi connectivity index (χ2v) is 4.26. The molecule has 2 aromatic carbocycles. The monoisotopic (exact) mass is 275 g/mol. The van der Waals surface area contributed by atoms with E-state index in [1.807, 2.05) is 18.2 Å². The van der Waals surface area contributed by atoms with Gasteiger partial charge < -0.3 is 5.73 Å². The molecule has 0 amide bonds. The minimum Gasteiger partial charge on any atom is -0.326 e. The van der Waals surface area contributed by atoms with Crippen molar-refractivity contribution in [3.05, 3.63) is 59.7 Å². The van der Waals surface area contributed by atoms with Crippen molar-refractivity contribution in [2.24, 2.45) is 5.73 Å². The molecule has 0 heterocycles. The minimum absolute atomic E-state index is 0.574. The zero-order valence-corrected chi connectivity index (χ0v) is 10.6. The van der Waals surface area contributed by atoms with Crippen LogP contribution in [0.25, 0.3) is 11.1 Å². The van der Waals surface area contributed by atoms with Gasteiger partial charge in [-0.15, -0.1) is 0 Å². The van der Waals surface area contributed by atoms with Gasteiger partial charge in [0.05, 0.1) is 0 Å². The molecule has 0 bridgehead atoms. The maximum atomic E-state index is 5.80. The van der Waals surface area contributed by atoms with Crippen LogP contribution in [0.1, 0.15) is 11.1 Å². The molecule has 0 aromatic heterocycles. The molecule has 0 aliphatic heterocycles.